The van der Waals surface area contributed by atoms with Crippen LogP contribution in [0, 0.1) is 23.7 Å². The molecule has 5 atom stereocenters. The first kappa shape index (κ1) is 27.9. The maximum absolute atomic E-state index is 5.31. The maximum atomic E-state index is 5.31. The largest absolute Gasteiger partial charge is 0.388 e. The third-order valence-electron chi connectivity index (χ3n) is 11.3. The standard InChI is InChI=1S/C40H46N4/c1-26-31(22-23-41-26)35-21-20-30(25-37(35)36-24-29-16-8-9-17-32(29)33-18-10-11-19-34(33)36)40-43-38(27-12-4-2-5-13-27)42-39(44-40)28-14-6-3-7-15-28/h2-6,8,12-14,16,20-21,29,32,36-38,41H,7,9-11,15,17-19,22-25H2,1H3,(H,42,43,44). The Morgan fingerprint density at radius 2 is 1.59 bits per heavy atom. The van der Waals surface area contributed by atoms with Gasteiger partial charge in [-0.25, -0.2) is 9.98 Å². The van der Waals surface area contributed by atoms with Crippen molar-refractivity contribution < 1.29 is 0 Å². The Morgan fingerprint density at radius 1 is 0.773 bits per heavy atom. The fraction of sp³-hybridized carbons (Fsp3) is 0.450. The van der Waals surface area contributed by atoms with Gasteiger partial charge in [0.15, 0.2) is 6.17 Å². The zero-order chi connectivity index (χ0) is 29.5. The second kappa shape index (κ2) is 12.0. The van der Waals surface area contributed by atoms with Crippen LogP contribution in [0.2, 0.25) is 0 Å². The van der Waals surface area contributed by atoms with E-state index in [9.17, 15) is 0 Å². The van der Waals surface area contributed by atoms with Crippen LogP contribution in [0.15, 0.2) is 122 Å². The minimum absolute atomic E-state index is 0.224. The molecule has 2 aliphatic heterocycles. The van der Waals surface area contributed by atoms with Gasteiger partial charge in [-0.2, -0.15) is 0 Å². The van der Waals surface area contributed by atoms with Crippen LogP contribution < -0.4 is 10.6 Å². The quantitative estimate of drug-likeness (QED) is 0.341. The van der Waals surface area contributed by atoms with Gasteiger partial charge in [0, 0.05) is 12.2 Å². The van der Waals surface area contributed by atoms with E-state index in [1.54, 1.807) is 11.1 Å². The summed E-state index contributed by atoms with van der Waals surface area (Å²) >= 11 is 0. The number of amidine groups is 2. The molecule has 1 aromatic carbocycles. The topological polar surface area (TPSA) is 48.8 Å². The number of allylic oxidation sites excluding steroid dienone is 11. The SMILES string of the molecule is CC1=C(C2=CC=C(C3=NC(c4ccccc4)N=C(C4=CC=CCC4)N3)CC2C2CC3C=CCCC3C3=C2CCCC3)CCN1. The lowest BCUT2D eigenvalue weighted by Crippen LogP contribution is -2.39. The van der Waals surface area contributed by atoms with Crippen LogP contribution in [-0.2, 0) is 0 Å². The summed E-state index contributed by atoms with van der Waals surface area (Å²) in [5, 5.41) is 7.43. The van der Waals surface area contributed by atoms with Crippen LogP contribution in [0.5, 0.6) is 0 Å². The number of nitrogens with one attached hydrogen (secondary N) is 2. The summed E-state index contributed by atoms with van der Waals surface area (Å²) in [4.78, 5) is 10.5. The van der Waals surface area contributed by atoms with Gasteiger partial charge in [0.1, 0.15) is 11.7 Å². The van der Waals surface area contributed by atoms with E-state index in [0.29, 0.717) is 17.8 Å². The molecule has 2 heterocycles. The maximum Gasteiger partial charge on any atom is 0.169 e. The van der Waals surface area contributed by atoms with Crippen molar-refractivity contribution in [3.63, 3.8) is 0 Å². The highest BCUT2D eigenvalue weighted by atomic mass is 15.2. The predicted octanol–water partition coefficient (Wildman–Crippen LogP) is 8.97. The minimum Gasteiger partial charge on any atom is -0.388 e. The summed E-state index contributed by atoms with van der Waals surface area (Å²) < 4.78 is 0. The van der Waals surface area contributed by atoms with E-state index < -0.39 is 0 Å². The molecule has 0 aromatic heterocycles. The Bertz CT molecular complexity index is 1590. The highest BCUT2D eigenvalue weighted by Crippen LogP contribution is 2.54. The van der Waals surface area contributed by atoms with E-state index in [4.69, 9.17) is 9.98 Å². The first-order valence-electron chi connectivity index (χ1n) is 17.3. The Kier molecular flexibility index (Phi) is 7.61. The van der Waals surface area contributed by atoms with E-state index in [1.807, 2.05) is 11.1 Å². The molecule has 0 saturated heterocycles. The number of nitrogens with zero attached hydrogens (tertiary/aromatic N) is 2. The van der Waals surface area contributed by atoms with Gasteiger partial charge in [-0.15, -0.1) is 0 Å². The van der Waals surface area contributed by atoms with Crippen LogP contribution in [0.25, 0.3) is 0 Å². The molecule has 4 nitrogen and oxygen atoms in total. The number of aliphatic imine (C=N–C) groups is 2. The number of hydrogen-bond acceptors (Lipinski definition) is 4. The van der Waals surface area contributed by atoms with Gasteiger partial charge in [0.2, 0.25) is 0 Å². The molecule has 0 saturated carbocycles. The average molecular weight is 583 g/mol. The molecule has 1 aromatic rings. The number of hydrogen-bond donors (Lipinski definition) is 2. The number of benzene rings is 1. The molecule has 0 bridgehead atoms. The molecule has 4 heteroatoms. The molecule has 44 heavy (non-hydrogen) atoms. The second-order valence-corrected chi connectivity index (χ2v) is 13.8. The molecule has 8 rings (SSSR count). The molecular weight excluding hydrogens is 536 g/mol. The fourth-order valence-corrected chi connectivity index (χ4v) is 9.18. The minimum atomic E-state index is -0.224. The normalized spacial score (nSPS) is 31.6. The van der Waals surface area contributed by atoms with Gasteiger partial charge in [-0.1, -0.05) is 84.0 Å². The van der Waals surface area contributed by atoms with Crippen LogP contribution in [0.1, 0.15) is 89.3 Å². The second-order valence-electron chi connectivity index (χ2n) is 13.8. The van der Waals surface area contributed by atoms with Crippen molar-refractivity contribution in [2.75, 3.05) is 6.54 Å². The van der Waals surface area contributed by atoms with Crippen LogP contribution in [0.3, 0.4) is 0 Å². The van der Waals surface area contributed by atoms with Crippen LogP contribution >= 0.6 is 0 Å². The lowest BCUT2D eigenvalue weighted by atomic mass is 9.58. The Labute approximate surface area is 263 Å². The zero-order valence-electron chi connectivity index (χ0n) is 26.2. The first-order valence-corrected chi connectivity index (χ1v) is 17.3. The lowest BCUT2D eigenvalue weighted by Gasteiger charge is -2.46. The molecule has 2 N–H and O–H groups in total. The van der Waals surface area contributed by atoms with E-state index in [0.717, 1.165) is 55.4 Å². The van der Waals surface area contributed by atoms with Crippen molar-refractivity contribution in [3.05, 3.63) is 118 Å². The first-order chi connectivity index (χ1) is 21.7. The van der Waals surface area contributed by atoms with Crippen molar-refractivity contribution in [3.8, 4) is 0 Å². The summed E-state index contributed by atoms with van der Waals surface area (Å²) in [5.74, 6) is 4.59. The van der Waals surface area contributed by atoms with Crippen LogP contribution in [-0.4, -0.2) is 18.2 Å². The number of rotatable bonds is 5. The third kappa shape index (κ3) is 5.21. The number of fused-ring (bicyclic) bond motifs is 2. The molecule has 7 aliphatic rings. The molecule has 5 unspecified atom stereocenters. The predicted molar refractivity (Wildman–Crippen MR) is 182 cm³/mol. The fourth-order valence-electron chi connectivity index (χ4n) is 9.18. The van der Waals surface area contributed by atoms with Crippen molar-refractivity contribution >= 4 is 11.7 Å². The zero-order valence-corrected chi connectivity index (χ0v) is 26.2. The summed E-state index contributed by atoms with van der Waals surface area (Å²) in [6.45, 7) is 3.35. The molecule has 5 aliphatic carbocycles. The smallest absolute Gasteiger partial charge is 0.169 e. The Hall–Kier alpha value is -3.66. The summed E-state index contributed by atoms with van der Waals surface area (Å²) in [6.07, 6.45) is 29.9. The molecule has 226 valence electrons. The summed E-state index contributed by atoms with van der Waals surface area (Å²) in [7, 11) is 0. The van der Waals surface area contributed by atoms with E-state index >= 15 is 0 Å². The van der Waals surface area contributed by atoms with Gasteiger partial charge in [0.25, 0.3) is 0 Å². The van der Waals surface area contributed by atoms with E-state index in [-0.39, 0.29) is 6.17 Å². The molecule has 0 fully saturated rings. The van der Waals surface area contributed by atoms with Gasteiger partial charge >= 0.3 is 0 Å². The van der Waals surface area contributed by atoms with Gasteiger partial charge in [-0.3, -0.25) is 0 Å². The highest BCUT2D eigenvalue weighted by molar-refractivity contribution is 6.16. The van der Waals surface area contributed by atoms with Crippen molar-refractivity contribution in [2.24, 2.45) is 33.7 Å². The van der Waals surface area contributed by atoms with Crippen molar-refractivity contribution in [1.29, 1.82) is 0 Å². The Morgan fingerprint density at radius 3 is 2.36 bits per heavy atom. The average Bonchev–Trinajstić information content (AvgIpc) is 3.53. The summed E-state index contributed by atoms with van der Waals surface area (Å²) in [5.41, 5.74) is 12.0. The summed E-state index contributed by atoms with van der Waals surface area (Å²) in [6, 6.07) is 10.6. The van der Waals surface area contributed by atoms with Crippen molar-refractivity contribution in [2.45, 2.75) is 83.7 Å². The van der Waals surface area contributed by atoms with Crippen molar-refractivity contribution in [1.82, 2.24) is 10.6 Å². The molecule has 0 spiro atoms. The van der Waals surface area contributed by atoms with Gasteiger partial charge < -0.3 is 10.6 Å². The lowest BCUT2D eigenvalue weighted by molar-refractivity contribution is 0.248. The monoisotopic (exact) mass is 582 g/mol. The van der Waals surface area contributed by atoms with E-state index in [1.165, 1.54) is 61.8 Å². The van der Waals surface area contributed by atoms with Gasteiger partial charge in [-0.05, 0) is 129 Å². The highest BCUT2D eigenvalue weighted by Gasteiger charge is 2.43. The Balaban J connectivity index is 1.19. The molecular formula is C40H46N4. The van der Waals surface area contributed by atoms with Crippen LogP contribution in [0.4, 0.5) is 0 Å². The van der Waals surface area contributed by atoms with Gasteiger partial charge in [0.05, 0.1) is 0 Å². The molecule has 0 radical (unpaired) electrons. The molecule has 0 amide bonds. The third-order valence-corrected chi connectivity index (χ3v) is 11.3. The van der Waals surface area contributed by atoms with E-state index in [2.05, 4.69) is 90.4 Å².